The zero-order valence-electron chi connectivity index (χ0n) is 10.8. The van der Waals surface area contributed by atoms with Crippen molar-refractivity contribution in [2.24, 2.45) is 18.7 Å². The molecule has 0 spiro atoms. The first kappa shape index (κ1) is 13.7. The van der Waals surface area contributed by atoms with Gasteiger partial charge in [-0.05, 0) is 17.9 Å². The lowest BCUT2D eigenvalue weighted by Crippen LogP contribution is -2.35. The Morgan fingerprint density at radius 3 is 2.82 bits per heavy atom. The maximum atomic E-state index is 11.5. The summed E-state index contributed by atoms with van der Waals surface area (Å²) in [5.41, 5.74) is 6.96. The molecular formula is C12H22N4O. The molecule has 1 unspecified atom stereocenters. The topological polar surface area (TPSA) is 72.9 Å². The number of nitrogens with two attached hydrogens (primary N) is 1. The lowest BCUT2D eigenvalue weighted by Gasteiger charge is -2.14. The summed E-state index contributed by atoms with van der Waals surface area (Å²) < 4.78 is 1.76. The standard InChI is InChI=1S/C12H22N4O/c1-9(2)11(13)6-12(17)14-5-4-10-7-15-16(3)8-10/h7-9,11H,4-6,13H2,1-3H3,(H,14,17). The highest BCUT2D eigenvalue weighted by Gasteiger charge is 2.12. The predicted molar refractivity (Wildman–Crippen MR) is 67.4 cm³/mol. The minimum absolute atomic E-state index is 0.0232. The Morgan fingerprint density at radius 2 is 2.29 bits per heavy atom. The van der Waals surface area contributed by atoms with Crippen LogP contribution < -0.4 is 11.1 Å². The van der Waals surface area contributed by atoms with Crippen LogP contribution in [0.3, 0.4) is 0 Å². The van der Waals surface area contributed by atoms with Gasteiger partial charge < -0.3 is 11.1 Å². The summed E-state index contributed by atoms with van der Waals surface area (Å²) in [5.74, 6) is 0.356. The van der Waals surface area contributed by atoms with Crippen molar-refractivity contribution < 1.29 is 4.79 Å². The van der Waals surface area contributed by atoms with Crippen molar-refractivity contribution in [1.82, 2.24) is 15.1 Å². The zero-order chi connectivity index (χ0) is 12.8. The van der Waals surface area contributed by atoms with E-state index in [4.69, 9.17) is 5.73 Å². The van der Waals surface area contributed by atoms with Gasteiger partial charge >= 0.3 is 0 Å². The van der Waals surface area contributed by atoms with Crippen LogP contribution in [0.5, 0.6) is 0 Å². The van der Waals surface area contributed by atoms with Gasteiger partial charge in [0.15, 0.2) is 0 Å². The Labute approximate surface area is 102 Å². The molecule has 96 valence electrons. The summed E-state index contributed by atoms with van der Waals surface area (Å²) in [6.45, 7) is 4.68. The summed E-state index contributed by atoms with van der Waals surface area (Å²) in [6, 6.07) is -0.0617. The fraction of sp³-hybridized carbons (Fsp3) is 0.667. The fourth-order valence-electron chi connectivity index (χ4n) is 1.47. The molecule has 0 aliphatic heterocycles. The summed E-state index contributed by atoms with van der Waals surface area (Å²) in [5, 5.41) is 6.94. The average molecular weight is 238 g/mol. The third kappa shape index (κ3) is 4.99. The van der Waals surface area contributed by atoms with Crippen LogP contribution in [0.15, 0.2) is 12.4 Å². The van der Waals surface area contributed by atoms with Crippen LogP contribution in [0.25, 0.3) is 0 Å². The van der Waals surface area contributed by atoms with Crippen molar-refractivity contribution in [2.75, 3.05) is 6.54 Å². The van der Waals surface area contributed by atoms with Crippen molar-refractivity contribution >= 4 is 5.91 Å². The van der Waals surface area contributed by atoms with E-state index >= 15 is 0 Å². The molecule has 5 heteroatoms. The largest absolute Gasteiger partial charge is 0.356 e. The van der Waals surface area contributed by atoms with Crippen molar-refractivity contribution in [3.8, 4) is 0 Å². The third-order valence-corrected chi connectivity index (χ3v) is 2.77. The van der Waals surface area contributed by atoms with E-state index in [1.54, 1.807) is 4.68 Å². The molecule has 5 nitrogen and oxygen atoms in total. The number of hydrogen-bond donors (Lipinski definition) is 2. The normalized spacial score (nSPS) is 12.8. The molecule has 0 aliphatic rings. The van der Waals surface area contributed by atoms with Crippen LogP contribution in [0.4, 0.5) is 0 Å². The van der Waals surface area contributed by atoms with E-state index in [-0.39, 0.29) is 11.9 Å². The van der Waals surface area contributed by atoms with E-state index < -0.39 is 0 Å². The van der Waals surface area contributed by atoms with E-state index in [1.165, 1.54) is 0 Å². The van der Waals surface area contributed by atoms with Crippen molar-refractivity contribution in [3.05, 3.63) is 18.0 Å². The summed E-state index contributed by atoms with van der Waals surface area (Å²) in [6.07, 6.45) is 4.96. The third-order valence-electron chi connectivity index (χ3n) is 2.77. The highest BCUT2D eigenvalue weighted by molar-refractivity contribution is 5.76. The fourth-order valence-corrected chi connectivity index (χ4v) is 1.47. The maximum Gasteiger partial charge on any atom is 0.221 e. The van der Waals surface area contributed by atoms with Crippen LogP contribution >= 0.6 is 0 Å². The second-order valence-corrected chi connectivity index (χ2v) is 4.73. The monoisotopic (exact) mass is 238 g/mol. The molecule has 1 atom stereocenters. The van der Waals surface area contributed by atoms with Crippen molar-refractivity contribution in [3.63, 3.8) is 0 Å². The second kappa shape index (κ2) is 6.39. The Kier molecular flexibility index (Phi) is 5.15. The van der Waals surface area contributed by atoms with E-state index in [2.05, 4.69) is 10.4 Å². The van der Waals surface area contributed by atoms with Crippen LogP contribution in [-0.2, 0) is 18.3 Å². The van der Waals surface area contributed by atoms with Gasteiger partial charge in [0.25, 0.3) is 0 Å². The smallest absolute Gasteiger partial charge is 0.221 e. The van der Waals surface area contributed by atoms with E-state index in [0.29, 0.717) is 18.9 Å². The quantitative estimate of drug-likeness (QED) is 0.756. The molecule has 1 amide bonds. The first-order chi connectivity index (χ1) is 7.99. The molecular weight excluding hydrogens is 216 g/mol. The number of nitrogens with one attached hydrogen (secondary N) is 1. The van der Waals surface area contributed by atoms with Gasteiger partial charge in [0.1, 0.15) is 0 Å². The van der Waals surface area contributed by atoms with Crippen molar-refractivity contribution in [1.29, 1.82) is 0 Å². The Morgan fingerprint density at radius 1 is 1.59 bits per heavy atom. The Balaban J connectivity index is 2.20. The van der Waals surface area contributed by atoms with E-state index in [9.17, 15) is 4.79 Å². The number of aromatic nitrogens is 2. The number of carbonyl (C=O) groups is 1. The molecule has 1 rings (SSSR count). The highest BCUT2D eigenvalue weighted by atomic mass is 16.1. The number of aryl methyl sites for hydroxylation is 1. The lowest BCUT2D eigenvalue weighted by atomic mass is 10.0. The van der Waals surface area contributed by atoms with Gasteiger partial charge in [-0.3, -0.25) is 9.48 Å². The van der Waals surface area contributed by atoms with Gasteiger partial charge in [0.2, 0.25) is 5.91 Å². The molecule has 0 radical (unpaired) electrons. The number of hydrogen-bond acceptors (Lipinski definition) is 3. The van der Waals surface area contributed by atoms with Gasteiger partial charge in [-0.25, -0.2) is 0 Å². The highest BCUT2D eigenvalue weighted by Crippen LogP contribution is 2.02. The SMILES string of the molecule is CC(C)C(N)CC(=O)NCCc1cnn(C)c1. The molecule has 17 heavy (non-hydrogen) atoms. The molecule has 3 N–H and O–H groups in total. The Hall–Kier alpha value is -1.36. The molecule has 0 fully saturated rings. The zero-order valence-corrected chi connectivity index (χ0v) is 10.8. The summed E-state index contributed by atoms with van der Waals surface area (Å²) >= 11 is 0. The number of nitrogens with zero attached hydrogens (tertiary/aromatic N) is 2. The molecule has 1 aromatic rings. The number of carbonyl (C=O) groups excluding carboxylic acids is 1. The van der Waals surface area contributed by atoms with Crippen LogP contribution in [-0.4, -0.2) is 28.3 Å². The lowest BCUT2D eigenvalue weighted by molar-refractivity contribution is -0.121. The number of amides is 1. The predicted octanol–water partition coefficient (Wildman–Crippen LogP) is 0.452. The first-order valence-corrected chi connectivity index (χ1v) is 5.99. The summed E-state index contributed by atoms with van der Waals surface area (Å²) in [4.78, 5) is 11.5. The molecule has 0 saturated carbocycles. The average Bonchev–Trinajstić information content (AvgIpc) is 2.64. The van der Waals surface area contributed by atoms with Crippen LogP contribution in [0.2, 0.25) is 0 Å². The summed E-state index contributed by atoms with van der Waals surface area (Å²) in [7, 11) is 1.88. The van der Waals surface area contributed by atoms with Gasteiger partial charge in [0.05, 0.1) is 6.20 Å². The molecule has 1 aromatic heterocycles. The molecule has 0 bridgehead atoms. The van der Waals surface area contributed by atoms with E-state index in [1.807, 2.05) is 33.3 Å². The maximum absolute atomic E-state index is 11.5. The van der Waals surface area contributed by atoms with E-state index in [0.717, 1.165) is 12.0 Å². The van der Waals surface area contributed by atoms with Gasteiger partial charge in [0, 0.05) is 32.3 Å². The molecule has 0 aromatic carbocycles. The van der Waals surface area contributed by atoms with Gasteiger partial charge in [-0.2, -0.15) is 5.10 Å². The number of rotatable bonds is 6. The minimum Gasteiger partial charge on any atom is -0.356 e. The molecule has 1 heterocycles. The van der Waals surface area contributed by atoms with Gasteiger partial charge in [-0.15, -0.1) is 0 Å². The molecule has 0 saturated heterocycles. The van der Waals surface area contributed by atoms with Gasteiger partial charge in [-0.1, -0.05) is 13.8 Å². The molecule has 0 aliphatic carbocycles. The Bertz CT molecular complexity index is 359. The second-order valence-electron chi connectivity index (χ2n) is 4.73. The van der Waals surface area contributed by atoms with Crippen LogP contribution in [0, 0.1) is 5.92 Å². The van der Waals surface area contributed by atoms with Crippen molar-refractivity contribution in [2.45, 2.75) is 32.7 Å². The first-order valence-electron chi connectivity index (χ1n) is 5.99. The minimum atomic E-state index is -0.0617. The van der Waals surface area contributed by atoms with Crippen LogP contribution in [0.1, 0.15) is 25.8 Å².